The van der Waals surface area contributed by atoms with Gasteiger partial charge in [-0.3, -0.25) is 9.59 Å². The van der Waals surface area contributed by atoms with Crippen LogP contribution in [-0.2, 0) is 19.1 Å². The zero-order valence-electron chi connectivity index (χ0n) is 12.4. The summed E-state index contributed by atoms with van der Waals surface area (Å²) in [7, 11) is 2.87. The zero-order valence-corrected chi connectivity index (χ0v) is 12.4. The molecule has 0 bridgehead atoms. The Morgan fingerprint density at radius 2 is 1.74 bits per heavy atom. The van der Waals surface area contributed by atoms with E-state index in [4.69, 9.17) is 4.74 Å². The highest BCUT2D eigenvalue weighted by Gasteiger charge is 2.41. The molecule has 0 spiro atoms. The summed E-state index contributed by atoms with van der Waals surface area (Å²) < 4.78 is 9.62. The summed E-state index contributed by atoms with van der Waals surface area (Å²) >= 11 is 0. The predicted octanol–water partition coefficient (Wildman–Crippen LogP) is 3.09. The van der Waals surface area contributed by atoms with Crippen molar-refractivity contribution < 1.29 is 19.1 Å². The first-order valence-corrected chi connectivity index (χ1v) is 7.19. The fourth-order valence-electron chi connectivity index (χ4n) is 2.92. The van der Waals surface area contributed by atoms with Gasteiger partial charge in [-0.1, -0.05) is 13.3 Å². The summed E-state index contributed by atoms with van der Waals surface area (Å²) in [5.74, 6) is 0.453. The van der Waals surface area contributed by atoms with Gasteiger partial charge in [-0.2, -0.15) is 0 Å². The lowest BCUT2D eigenvalue weighted by Crippen LogP contribution is -2.36. The van der Waals surface area contributed by atoms with Crippen molar-refractivity contribution in [3.8, 4) is 0 Å². The van der Waals surface area contributed by atoms with Crippen molar-refractivity contribution in [3.05, 3.63) is 0 Å². The molecule has 19 heavy (non-hydrogen) atoms. The third-order valence-electron chi connectivity index (χ3n) is 4.36. The number of methoxy groups -OCH3 is 2. The molecule has 0 radical (unpaired) electrons. The molecule has 4 heteroatoms. The van der Waals surface area contributed by atoms with Crippen molar-refractivity contribution in [2.45, 2.75) is 58.3 Å². The van der Waals surface area contributed by atoms with Crippen molar-refractivity contribution in [2.24, 2.45) is 11.3 Å². The Bertz CT molecular complexity index is 303. The molecule has 0 N–H and O–H groups in total. The van der Waals surface area contributed by atoms with Crippen LogP contribution in [0.5, 0.6) is 0 Å². The van der Waals surface area contributed by atoms with Gasteiger partial charge in [-0.05, 0) is 44.4 Å². The predicted molar refractivity (Wildman–Crippen MR) is 72.6 cm³/mol. The van der Waals surface area contributed by atoms with Crippen LogP contribution >= 0.6 is 0 Å². The number of carbonyl (C=O) groups excluding carboxylic acids is 2. The first kappa shape index (κ1) is 16.0. The van der Waals surface area contributed by atoms with Gasteiger partial charge in [-0.25, -0.2) is 0 Å². The Morgan fingerprint density at radius 3 is 2.26 bits per heavy atom. The fourth-order valence-corrected chi connectivity index (χ4v) is 2.92. The van der Waals surface area contributed by atoms with Crippen molar-refractivity contribution in [3.63, 3.8) is 0 Å². The van der Waals surface area contributed by atoms with Crippen molar-refractivity contribution >= 4 is 11.9 Å². The first-order chi connectivity index (χ1) is 9.04. The van der Waals surface area contributed by atoms with Crippen LogP contribution in [0.25, 0.3) is 0 Å². The molecule has 0 aromatic heterocycles. The second-order valence-corrected chi connectivity index (χ2v) is 5.74. The van der Waals surface area contributed by atoms with Gasteiger partial charge in [0.1, 0.15) is 0 Å². The molecule has 110 valence electrons. The van der Waals surface area contributed by atoms with Crippen LogP contribution < -0.4 is 0 Å². The molecule has 0 atom stereocenters. The average Bonchev–Trinajstić information content (AvgIpc) is 2.44. The molecule has 0 heterocycles. The lowest BCUT2D eigenvalue weighted by molar-refractivity contribution is -0.156. The Hall–Kier alpha value is -1.06. The quantitative estimate of drug-likeness (QED) is 0.550. The molecule has 0 amide bonds. The van der Waals surface area contributed by atoms with Crippen LogP contribution in [0.2, 0.25) is 0 Å². The Labute approximate surface area is 115 Å². The van der Waals surface area contributed by atoms with Crippen molar-refractivity contribution in [1.82, 2.24) is 0 Å². The molecule has 0 unspecified atom stereocenters. The van der Waals surface area contributed by atoms with Crippen LogP contribution in [0.4, 0.5) is 0 Å². The summed E-state index contributed by atoms with van der Waals surface area (Å²) in [5.41, 5.74) is -0.308. The van der Waals surface area contributed by atoms with Gasteiger partial charge in [0.05, 0.1) is 19.6 Å². The molecule has 1 aliphatic rings. The van der Waals surface area contributed by atoms with Crippen molar-refractivity contribution in [2.75, 3.05) is 14.2 Å². The Kier molecular flexibility index (Phi) is 6.32. The van der Waals surface area contributed by atoms with Crippen LogP contribution in [0.3, 0.4) is 0 Å². The largest absolute Gasteiger partial charge is 0.469 e. The van der Waals surface area contributed by atoms with E-state index in [0.29, 0.717) is 12.3 Å². The number of rotatable bonds is 6. The van der Waals surface area contributed by atoms with E-state index < -0.39 is 0 Å². The summed E-state index contributed by atoms with van der Waals surface area (Å²) in [5, 5.41) is 0. The summed E-state index contributed by atoms with van der Waals surface area (Å²) in [6.07, 6.45) is 6.92. The van der Waals surface area contributed by atoms with E-state index in [-0.39, 0.29) is 17.4 Å². The Balaban J connectivity index is 2.47. The van der Waals surface area contributed by atoms with Crippen LogP contribution in [-0.4, -0.2) is 26.2 Å². The molecule has 1 rings (SSSR count). The highest BCUT2D eigenvalue weighted by Crippen LogP contribution is 2.43. The summed E-state index contributed by atoms with van der Waals surface area (Å²) in [6.45, 7) is 2.23. The standard InChI is InChI=1S/C15H26O4/c1-12-7-10-15(11-8-12,14(17)19-3)9-5-4-6-13(16)18-2/h12H,4-11H2,1-3H3. The third-order valence-corrected chi connectivity index (χ3v) is 4.36. The highest BCUT2D eigenvalue weighted by atomic mass is 16.5. The van der Waals surface area contributed by atoms with Gasteiger partial charge >= 0.3 is 11.9 Å². The molecule has 1 aliphatic carbocycles. The normalized spacial score (nSPS) is 26.8. The number of ether oxygens (including phenoxy) is 2. The second-order valence-electron chi connectivity index (χ2n) is 5.74. The van der Waals surface area contributed by atoms with E-state index in [9.17, 15) is 9.59 Å². The zero-order chi connectivity index (χ0) is 14.3. The molecule has 1 saturated carbocycles. The summed E-state index contributed by atoms with van der Waals surface area (Å²) in [6, 6.07) is 0. The summed E-state index contributed by atoms with van der Waals surface area (Å²) in [4.78, 5) is 23.1. The lowest BCUT2D eigenvalue weighted by atomic mass is 9.68. The van der Waals surface area contributed by atoms with E-state index >= 15 is 0 Å². The molecule has 0 aromatic carbocycles. The molecule has 0 aromatic rings. The van der Waals surface area contributed by atoms with E-state index in [1.165, 1.54) is 14.2 Å². The molecular formula is C15H26O4. The second kappa shape index (κ2) is 7.51. The fraction of sp³-hybridized carbons (Fsp3) is 0.867. The minimum absolute atomic E-state index is 0.0718. The van der Waals surface area contributed by atoms with E-state index in [1.54, 1.807) is 0 Å². The van der Waals surface area contributed by atoms with Crippen LogP contribution in [0.15, 0.2) is 0 Å². The molecule has 0 aliphatic heterocycles. The van der Waals surface area contributed by atoms with Gasteiger partial charge in [0, 0.05) is 6.42 Å². The number of esters is 2. The smallest absolute Gasteiger partial charge is 0.311 e. The molecule has 1 fully saturated rings. The minimum atomic E-state index is -0.308. The van der Waals surface area contributed by atoms with Crippen molar-refractivity contribution in [1.29, 1.82) is 0 Å². The van der Waals surface area contributed by atoms with Gasteiger partial charge in [0.2, 0.25) is 0 Å². The number of hydrogen-bond donors (Lipinski definition) is 0. The maximum absolute atomic E-state index is 12.1. The lowest BCUT2D eigenvalue weighted by Gasteiger charge is -2.37. The number of unbranched alkanes of at least 4 members (excludes halogenated alkanes) is 1. The van der Waals surface area contributed by atoms with Gasteiger partial charge in [0.25, 0.3) is 0 Å². The van der Waals surface area contributed by atoms with Crippen LogP contribution in [0, 0.1) is 11.3 Å². The topological polar surface area (TPSA) is 52.6 Å². The van der Waals surface area contributed by atoms with Gasteiger partial charge < -0.3 is 9.47 Å². The first-order valence-electron chi connectivity index (χ1n) is 7.19. The van der Waals surface area contributed by atoms with Crippen LogP contribution in [0.1, 0.15) is 58.3 Å². The minimum Gasteiger partial charge on any atom is -0.469 e. The third kappa shape index (κ3) is 4.51. The van der Waals surface area contributed by atoms with Gasteiger partial charge in [-0.15, -0.1) is 0 Å². The molecule has 0 saturated heterocycles. The molecular weight excluding hydrogens is 244 g/mol. The van der Waals surface area contributed by atoms with E-state index in [2.05, 4.69) is 11.7 Å². The maximum atomic E-state index is 12.1. The molecule has 4 nitrogen and oxygen atoms in total. The number of hydrogen-bond acceptors (Lipinski definition) is 4. The monoisotopic (exact) mass is 270 g/mol. The maximum Gasteiger partial charge on any atom is 0.311 e. The Morgan fingerprint density at radius 1 is 1.11 bits per heavy atom. The van der Waals surface area contributed by atoms with E-state index in [1.807, 2.05) is 0 Å². The average molecular weight is 270 g/mol. The van der Waals surface area contributed by atoms with E-state index in [0.717, 1.165) is 44.9 Å². The number of carbonyl (C=O) groups is 2. The van der Waals surface area contributed by atoms with Gasteiger partial charge in [0.15, 0.2) is 0 Å². The highest BCUT2D eigenvalue weighted by molar-refractivity contribution is 5.76. The SMILES string of the molecule is COC(=O)CCCCC1(C(=O)OC)CCC(C)CC1.